The largest absolute Gasteiger partial charge is 0.494 e. The van der Waals surface area contributed by atoms with Crippen LogP contribution in [0.5, 0.6) is 5.88 Å². The molecular weight excluding hydrogens is 302 g/mol. The lowest BCUT2D eigenvalue weighted by molar-refractivity contribution is 0.0430. The van der Waals surface area contributed by atoms with Crippen molar-refractivity contribution in [2.45, 2.75) is 52.1 Å². The van der Waals surface area contributed by atoms with Crippen molar-refractivity contribution in [3.63, 3.8) is 0 Å². The van der Waals surface area contributed by atoms with Crippen LogP contribution in [0.25, 0.3) is 0 Å². The van der Waals surface area contributed by atoms with E-state index in [2.05, 4.69) is 28.8 Å². The van der Waals surface area contributed by atoms with E-state index in [0.29, 0.717) is 19.3 Å². The van der Waals surface area contributed by atoms with Crippen molar-refractivity contribution in [2.75, 3.05) is 13.2 Å². The van der Waals surface area contributed by atoms with Crippen molar-refractivity contribution in [2.24, 2.45) is 4.99 Å². The Balaban J connectivity index is 2.36. The zero-order chi connectivity index (χ0) is 16.4. The maximum absolute atomic E-state index is 11.6. The first kappa shape index (κ1) is 18.6. The fourth-order valence-corrected chi connectivity index (χ4v) is 2.19. The van der Waals surface area contributed by atoms with Crippen LogP contribution in [0.3, 0.4) is 0 Å². The monoisotopic (exact) mass is 327 g/mol. The molecule has 0 fully saturated rings. The zero-order valence-electron chi connectivity index (χ0n) is 13.2. The number of aromatic nitrogens is 2. The number of aromatic hydroxyl groups is 1. The molecule has 6 nitrogen and oxygen atoms in total. The number of rotatable bonds is 10. The molecule has 0 bridgehead atoms. The molecule has 3 N–H and O–H groups in total. The Morgan fingerprint density at radius 1 is 1.36 bits per heavy atom. The number of ether oxygens (including phenoxy) is 1. The summed E-state index contributed by atoms with van der Waals surface area (Å²) in [5, 5.41) is 9.60. The normalized spacial score (nSPS) is 12.8. The summed E-state index contributed by atoms with van der Waals surface area (Å²) < 4.78 is 5.89. The smallest absolute Gasteiger partial charge is 0.264 e. The van der Waals surface area contributed by atoms with Crippen LogP contribution < -0.4 is 5.56 Å². The van der Waals surface area contributed by atoms with Gasteiger partial charge in [0.05, 0.1) is 6.10 Å². The molecule has 0 amide bonds. The molecule has 1 rings (SSSR count). The fourth-order valence-electron chi connectivity index (χ4n) is 2.00. The van der Waals surface area contributed by atoms with Gasteiger partial charge in [-0.05, 0) is 31.5 Å². The average molecular weight is 327 g/mol. The minimum Gasteiger partial charge on any atom is -0.494 e. The van der Waals surface area contributed by atoms with Gasteiger partial charge in [-0.3, -0.25) is 14.8 Å². The molecule has 22 heavy (non-hydrogen) atoms. The molecule has 0 aliphatic carbocycles. The average Bonchev–Trinajstić information content (AvgIpc) is 2.47. The highest BCUT2D eigenvalue weighted by molar-refractivity contribution is 7.71. The van der Waals surface area contributed by atoms with Crippen LogP contribution in [-0.4, -0.2) is 40.5 Å². The summed E-state index contributed by atoms with van der Waals surface area (Å²) in [6.07, 6.45) is 6.95. The highest BCUT2D eigenvalue weighted by Gasteiger charge is 2.05. The second kappa shape index (κ2) is 10.3. The molecule has 0 saturated carbocycles. The van der Waals surface area contributed by atoms with E-state index in [9.17, 15) is 9.90 Å². The molecule has 1 aromatic heterocycles. The van der Waals surface area contributed by atoms with E-state index >= 15 is 0 Å². The first-order valence-electron chi connectivity index (χ1n) is 7.75. The van der Waals surface area contributed by atoms with Crippen molar-refractivity contribution in [1.82, 2.24) is 9.97 Å². The maximum Gasteiger partial charge on any atom is 0.264 e. The van der Waals surface area contributed by atoms with E-state index in [1.165, 1.54) is 19.1 Å². The number of nitrogens with zero attached hydrogens (tertiary/aromatic N) is 1. The molecule has 0 aromatic carbocycles. The third-order valence-electron chi connectivity index (χ3n) is 3.30. The summed E-state index contributed by atoms with van der Waals surface area (Å²) in [7, 11) is 0. The first-order valence-corrected chi connectivity index (χ1v) is 8.16. The van der Waals surface area contributed by atoms with E-state index < -0.39 is 5.56 Å². The Morgan fingerprint density at radius 3 is 2.77 bits per heavy atom. The van der Waals surface area contributed by atoms with Crippen LogP contribution in [0.4, 0.5) is 0 Å². The number of unbranched alkanes of at least 4 members (excludes halogenated alkanes) is 1. The lowest BCUT2D eigenvalue weighted by atomic mass is 10.1. The van der Waals surface area contributed by atoms with Crippen molar-refractivity contribution < 1.29 is 9.84 Å². The highest BCUT2D eigenvalue weighted by Crippen LogP contribution is 2.09. The number of hydrogen-bond acceptors (Lipinski definition) is 5. The lowest BCUT2D eigenvalue weighted by Crippen LogP contribution is -2.14. The Labute approximate surface area is 135 Å². The van der Waals surface area contributed by atoms with Gasteiger partial charge < -0.3 is 14.8 Å². The minimum atomic E-state index is -0.452. The zero-order valence-corrected chi connectivity index (χ0v) is 14.0. The standard InChI is InChI=1S/C15H25N3O3S/c1-3-5-7-11(4-2)21-9-6-8-16-10-12-13(19)17-15(22)18-14(12)20/h10-11H,3-9H2,1-2H3,(H3,17,18,19,20,22). The molecule has 0 spiro atoms. The second-order valence-electron chi connectivity index (χ2n) is 5.10. The summed E-state index contributed by atoms with van der Waals surface area (Å²) in [4.78, 5) is 20.6. The molecule has 1 unspecified atom stereocenters. The van der Waals surface area contributed by atoms with Crippen LogP contribution in [0, 0.1) is 4.77 Å². The van der Waals surface area contributed by atoms with E-state index in [-0.39, 0.29) is 16.2 Å². The lowest BCUT2D eigenvalue weighted by Gasteiger charge is -2.15. The van der Waals surface area contributed by atoms with Gasteiger partial charge in [0.15, 0.2) is 4.77 Å². The molecule has 7 heteroatoms. The van der Waals surface area contributed by atoms with E-state index in [0.717, 1.165) is 19.3 Å². The van der Waals surface area contributed by atoms with Crippen LogP contribution in [-0.2, 0) is 4.74 Å². The van der Waals surface area contributed by atoms with E-state index in [1.54, 1.807) is 0 Å². The molecule has 1 aromatic rings. The molecule has 1 heterocycles. The van der Waals surface area contributed by atoms with Gasteiger partial charge >= 0.3 is 0 Å². The SMILES string of the molecule is CCCCC(CC)OCCCN=Cc1c(O)[nH]c(=S)[nH]c1=O. The van der Waals surface area contributed by atoms with Crippen molar-refractivity contribution in [3.8, 4) is 5.88 Å². The summed E-state index contributed by atoms with van der Waals surface area (Å²) in [5.74, 6) is -0.264. The topological polar surface area (TPSA) is 90.5 Å². The van der Waals surface area contributed by atoms with Crippen LogP contribution in [0.2, 0.25) is 0 Å². The van der Waals surface area contributed by atoms with E-state index in [4.69, 9.17) is 17.0 Å². The van der Waals surface area contributed by atoms with Gasteiger partial charge in [0, 0.05) is 19.4 Å². The van der Waals surface area contributed by atoms with Gasteiger partial charge in [-0.15, -0.1) is 0 Å². The number of H-pyrrole nitrogens is 2. The quantitative estimate of drug-likeness (QED) is 0.350. The summed E-state index contributed by atoms with van der Waals surface area (Å²) in [6.45, 7) is 5.50. The Kier molecular flexibility index (Phi) is 8.69. The molecule has 0 saturated heterocycles. The first-order chi connectivity index (χ1) is 10.6. The van der Waals surface area contributed by atoms with Gasteiger partial charge in [0.1, 0.15) is 5.56 Å². The van der Waals surface area contributed by atoms with Crippen molar-refractivity contribution in [3.05, 3.63) is 20.7 Å². The molecular formula is C15H25N3O3S. The molecule has 0 radical (unpaired) electrons. The van der Waals surface area contributed by atoms with Crippen LogP contribution >= 0.6 is 12.2 Å². The number of hydrogen-bond donors (Lipinski definition) is 3. The van der Waals surface area contributed by atoms with Gasteiger partial charge in [-0.2, -0.15) is 0 Å². The number of aliphatic imine (C=N–C) groups is 1. The van der Waals surface area contributed by atoms with Gasteiger partial charge in [0.25, 0.3) is 5.56 Å². The fraction of sp³-hybridized carbons (Fsp3) is 0.667. The molecule has 1 atom stereocenters. The van der Waals surface area contributed by atoms with Gasteiger partial charge in [-0.1, -0.05) is 26.7 Å². The van der Waals surface area contributed by atoms with Gasteiger partial charge in [0.2, 0.25) is 5.88 Å². The van der Waals surface area contributed by atoms with Crippen molar-refractivity contribution >= 4 is 18.4 Å². The van der Waals surface area contributed by atoms with E-state index in [1.807, 2.05) is 0 Å². The highest BCUT2D eigenvalue weighted by atomic mass is 32.1. The predicted octanol–water partition coefficient (Wildman–Crippen LogP) is 2.93. The van der Waals surface area contributed by atoms with Crippen LogP contribution in [0.15, 0.2) is 9.79 Å². The van der Waals surface area contributed by atoms with Crippen molar-refractivity contribution in [1.29, 1.82) is 0 Å². The third kappa shape index (κ3) is 6.53. The number of nitrogens with one attached hydrogen (secondary N) is 2. The summed E-state index contributed by atoms with van der Waals surface area (Å²) in [6, 6.07) is 0. The Bertz CT molecular complexity index is 580. The summed E-state index contributed by atoms with van der Waals surface area (Å²) >= 11 is 4.75. The van der Waals surface area contributed by atoms with Crippen LogP contribution in [0.1, 0.15) is 51.5 Å². The molecule has 0 aliphatic rings. The maximum atomic E-state index is 11.6. The van der Waals surface area contributed by atoms with Gasteiger partial charge in [-0.25, -0.2) is 0 Å². The Hall–Kier alpha value is -1.47. The minimum absolute atomic E-state index is 0.0869. The molecule has 124 valence electrons. The molecule has 0 aliphatic heterocycles. The number of aromatic amines is 2. The second-order valence-corrected chi connectivity index (χ2v) is 5.51. The third-order valence-corrected chi connectivity index (χ3v) is 3.50. The summed E-state index contributed by atoms with van der Waals surface area (Å²) in [5.41, 5.74) is -0.365. The predicted molar refractivity (Wildman–Crippen MR) is 90.5 cm³/mol. The Morgan fingerprint density at radius 2 is 2.14 bits per heavy atom.